The van der Waals surface area contributed by atoms with Gasteiger partial charge in [0, 0.05) is 10.6 Å². The molecule has 0 heterocycles. The van der Waals surface area contributed by atoms with Gasteiger partial charge in [-0.2, -0.15) is 0 Å². The second kappa shape index (κ2) is 5.30. The Morgan fingerprint density at radius 3 is 2.25 bits per heavy atom. The molecular weight excluding hydrogens is 230 g/mol. The van der Waals surface area contributed by atoms with E-state index in [0.29, 0.717) is 10.6 Å². The zero-order valence-electron chi connectivity index (χ0n) is 8.90. The summed E-state index contributed by atoms with van der Waals surface area (Å²) in [6.07, 6.45) is 0. The van der Waals surface area contributed by atoms with Gasteiger partial charge in [-0.15, -0.1) is 0 Å². The molecule has 1 aromatic rings. The van der Waals surface area contributed by atoms with Crippen LogP contribution in [-0.2, 0) is 0 Å². The monoisotopic (exact) mass is 243 g/mol. The zero-order valence-corrected chi connectivity index (χ0v) is 9.66. The second-order valence-corrected chi connectivity index (χ2v) is 4.27. The van der Waals surface area contributed by atoms with Crippen molar-refractivity contribution in [3.05, 3.63) is 34.9 Å². The SMILES string of the molecule is CC(CO)(CO)NC(=O)c1ccc(Cl)cc1. The van der Waals surface area contributed by atoms with Crippen LogP contribution in [0.3, 0.4) is 0 Å². The average molecular weight is 244 g/mol. The van der Waals surface area contributed by atoms with Gasteiger partial charge in [0.2, 0.25) is 0 Å². The number of hydrogen-bond donors (Lipinski definition) is 3. The van der Waals surface area contributed by atoms with Crippen LogP contribution in [0.25, 0.3) is 0 Å². The second-order valence-electron chi connectivity index (χ2n) is 3.84. The maximum absolute atomic E-state index is 11.7. The van der Waals surface area contributed by atoms with Gasteiger partial charge in [-0.1, -0.05) is 11.6 Å². The third-order valence-electron chi connectivity index (χ3n) is 2.22. The molecule has 0 aliphatic rings. The van der Waals surface area contributed by atoms with Crippen molar-refractivity contribution in [2.24, 2.45) is 0 Å². The molecule has 0 bridgehead atoms. The number of aliphatic hydroxyl groups is 2. The molecule has 5 heteroatoms. The predicted molar refractivity (Wildman–Crippen MR) is 61.5 cm³/mol. The largest absolute Gasteiger partial charge is 0.394 e. The van der Waals surface area contributed by atoms with Crippen LogP contribution >= 0.6 is 11.6 Å². The van der Waals surface area contributed by atoms with E-state index >= 15 is 0 Å². The lowest BCUT2D eigenvalue weighted by Gasteiger charge is -2.26. The third kappa shape index (κ3) is 3.20. The van der Waals surface area contributed by atoms with E-state index in [1.807, 2.05) is 0 Å². The number of rotatable bonds is 4. The summed E-state index contributed by atoms with van der Waals surface area (Å²) in [6.45, 7) is 0.895. The zero-order chi connectivity index (χ0) is 12.2. The van der Waals surface area contributed by atoms with Crippen molar-refractivity contribution in [3.8, 4) is 0 Å². The first-order valence-electron chi connectivity index (χ1n) is 4.80. The summed E-state index contributed by atoms with van der Waals surface area (Å²) in [4.78, 5) is 11.7. The van der Waals surface area contributed by atoms with Crippen molar-refractivity contribution in [2.75, 3.05) is 13.2 Å². The highest BCUT2D eigenvalue weighted by atomic mass is 35.5. The van der Waals surface area contributed by atoms with Gasteiger partial charge in [-0.3, -0.25) is 4.79 Å². The van der Waals surface area contributed by atoms with Gasteiger partial charge in [0.1, 0.15) is 0 Å². The van der Waals surface area contributed by atoms with Gasteiger partial charge in [0.15, 0.2) is 0 Å². The molecule has 88 valence electrons. The quantitative estimate of drug-likeness (QED) is 0.733. The summed E-state index contributed by atoms with van der Waals surface area (Å²) in [6, 6.07) is 6.36. The fraction of sp³-hybridized carbons (Fsp3) is 0.364. The maximum Gasteiger partial charge on any atom is 0.251 e. The molecule has 0 aliphatic heterocycles. The van der Waals surface area contributed by atoms with E-state index in [2.05, 4.69) is 5.32 Å². The van der Waals surface area contributed by atoms with Crippen LogP contribution in [0.5, 0.6) is 0 Å². The highest BCUT2D eigenvalue weighted by Crippen LogP contribution is 2.10. The van der Waals surface area contributed by atoms with Crippen LogP contribution in [0, 0.1) is 0 Å². The number of carbonyl (C=O) groups excluding carboxylic acids is 1. The number of benzene rings is 1. The minimum absolute atomic E-state index is 0.331. The molecule has 0 radical (unpaired) electrons. The summed E-state index contributed by atoms with van der Waals surface area (Å²) >= 11 is 5.69. The highest BCUT2D eigenvalue weighted by Gasteiger charge is 2.24. The van der Waals surface area contributed by atoms with E-state index in [4.69, 9.17) is 21.8 Å². The Morgan fingerprint density at radius 1 is 1.31 bits per heavy atom. The maximum atomic E-state index is 11.7. The Hall–Kier alpha value is -1.10. The average Bonchev–Trinajstić information content (AvgIpc) is 2.29. The van der Waals surface area contributed by atoms with Crippen LogP contribution in [0.4, 0.5) is 0 Å². The topological polar surface area (TPSA) is 69.6 Å². The predicted octanol–water partition coefficient (Wildman–Crippen LogP) is 0.813. The Kier molecular flexibility index (Phi) is 4.29. The lowest BCUT2D eigenvalue weighted by molar-refractivity contribution is 0.0724. The number of carbonyl (C=O) groups is 1. The first-order chi connectivity index (χ1) is 7.50. The molecule has 1 aromatic carbocycles. The van der Waals surface area contributed by atoms with Crippen LogP contribution in [0.15, 0.2) is 24.3 Å². The molecular formula is C11H14ClNO3. The van der Waals surface area contributed by atoms with E-state index in [1.54, 1.807) is 31.2 Å². The van der Waals surface area contributed by atoms with Crippen LogP contribution in [-0.4, -0.2) is 34.9 Å². The standard InChI is InChI=1S/C11H14ClNO3/c1-11(6-14,7-15)13-10(16)8-2-4-9(12)5-3-8/h2-5,14-15H,6-7H2,1H3,(H,13,16). The molecule has 0 aromatic heterocycles. The van der Waals surface area contributed by atoms with Crippen LogP contribution < -0.4 is 5.32 Å². The summed E-state index contributed by atoms with van der Waals surface area (Å²) in [5, 5.41) is 21.2. The molecule has 0 aliphatic carbocycles. The molecule has 1 rings (SSSR count). The van der Waals surface area contributed by atoms with E-state index in [9.17, 15) is 4.79 Å². The van der Waals surface area contributed by atoms with Gasteiger partial charge in [0.05, 0.1) is 18.8 Å². The lowest BCUT2D eigenvalue weighted by atomic mass is 10.0. The van der Waals surface area contributed by atoms with Crippen LogP contribution in [0.1, 0.15) is 17.3 Å². The number of aliphatic hydroxyl groups excluding tert-OH is 2. The Morgan fingerprint density at radius 2 is 1.81 bits per heavy atom. The first kappa shape index (κ1) is 13.0. The Bertz CT molecular complexity index is 360. The van der Waals surface area contributed by atoms with Crippen LogP contribution in [0.2, 0.25) is 5.02 Å². The van der Waals surface area contributed by atoms with E-state index in [0.717, 1.165) is 0 Å². The van der Waals surface area contributed by atoms with Gasteiger partial charge in [-0.25, -0.2) is 0 Å². The molecule has 0 unspecified atom stereocenters. The minimum atomic E-state index is -1.02. The summed E-state index contributed by atoms with van der Waals surface area (Å²) in [5.41, 5.74) is -0.589. The minimum Gasteiger partial charge on any atom is -0.394 e. The van der Waals surface area contributed by atoms with E-state index < -0.39 is 5.54 Å². The highest BCUT2D eigenvalue weighted by molar-refractivity contribution is 6.30. The van der Waals surface area contributed by atoms with Gasteiger partial charge >= 0.3 is 0 Å². The van der Waals surface area contributed by atoms with Crippen molar-refractivity contribution in [1.29, 1.82) is 0 Å². The van der Waals surface area contributed by atoms with Gasteiger partial charge < -0.3 is 15.5 Å². The molecule has 0 atom stereocenters. The molecule has 0 spiro atoms. The van der Waals surface area contributed by atoms with Crippen molar-refractivity contribution in [1.82, 2.24) is 5.32 Å². The van der Waals surface area contributed by atoms with Gasteiger partial charge in [-0.05, 0) is 31.2 Å². The Balaban J connectivity index is 2.76. The van der Waals surface area contributed by atoms with Crippen molar-refractivity contribution < 1.29 is 15.0 Å². The third-order valence-corrected chi connectivity index (χ3v) is 2.47. The molecule has 0 saturated heterocycles. The molecule has 0 saturated carbocycles. The summed E-state index contributed by atoms with van der Waals surface area (Å²) in [5.74, 6) is -0.359. The molecule has 3 N–H and O–H groups in total. The number of halogens is 1. The van der Waals surface area contributed by atoms with E-state index in [1.165, 1.54) is 0 Å². The van der Waals surface area contributed by atoms with E-state index in [-0.39, 0.29) is 19.1 Å². The number of hydrogen-bond acceptors (Lipinski definition) is 3. The first-order valence-corrected chi connectivity index (χ1v) is 5.18. The molecule has 16 heavy (non-hydrogen) atoms. The summed E-state index contributed by atoms with van der Waals surface area (Å²) in [7, 11) is 0. The Labute approximate surface area is 98.9 Å². The number of amides is 1. The van der Waals surface area contributed by atoms with Crippen molar-refractivity contribution >= 4 is 17.5 Å². The molecule has 4 nitrogen and oxygen atoms in total. The molecule has 1 amide bonds. The fourth-order valence-corrected chi connectivity index (χ4v) is 1.20. The normalized spacial score (nSPS) is 11.2. The van der Waals surface area contributed by atoms with Crippen molar-refractivity contribution in [2.45, 2.75) is 12.5 Å². The summed E-state index contributed by atoms with van der Waals surface area (Å²) < 4.78 is 0. The van der Waals surface area contributed by atoms with Gasteiger partial charge in [0.25, 0.3) is 5.91 Å². The fourth-order valence-electron chi connectivity index (χ4n) is 1.08. The number of nitrogens with one attached hydrogen (secondary N) is 1. The molecule has 0 fully saturated rings. The van der Waals surface area contributed by atoms with Crippen molar-refractivity contribution in [3.63, 3.8) is 0 Å². The lowest BCUT2D eigenvalue weighted by Crippen LogP contribution is -2.51. The smallest absolute Gasteiger partial charge is 0.251 e.